The highest BCUT2D eigenvalue weighted by Crippen LogP contribution is 1.85. The van der Waals surface area contributed by atoms with Crippen LogP contribution in [0.15, 0.2) is 18.7 Å². The monoisotopic (exact) mass is 242 g/mol. The molecule has 1 atom stereocenters. The summed E-state index contributed by atoms with van der Waals surface area (Å²) in [5, 5.41) is 21.9. The second-order valence-corrected chi connectivity index (χ2v) is 3.27. The van der Waals surface area contributed by atoms with Gasteiger partial charge in [0.25, 0.3) is 0 Å². The van der Waals surface area contributed by atoms with E-state index in [4.69, 9.17) is 10.2 Å². The standard InChI is InChI=1S/C9H14N4O4/c14-5-7(8(15)16)12-9(17)11-2-4-13-3-1-10-6-13/h1,3,6-7,14H,2,4-5H2,(H,15,16)(H2,11,12,17)/t7-/m0/s1. The van der Waals surface area contributed by atoms with Crippen LogP contribution in [0, 0.1) is 0 Å². The molecule has 0 spiro atoms. The predicted molar refractivity (Wildman–Crippen MR) is 57.3 cm³/mol. The van der Waals surface area contributed by atoms with Gasteiger partial charge in [0.15, 0.2) is 6.04 Å². The van der Waals surface area contributed by atoms with Gasteiger partial charge in [0.05, 0.1) is 12.9 Å². The van der Waals surface area contributed by atoms with Gasteiger partial charge >= 0.3 is 12.0 Å². The molecule has 1 aromatic rings. The first-order chi connectivity index (χ1) is 8.13. The van der Waals surface area contributed by atoms with Crippen molar-refractivity contribution in [2.75, 3.05) is 13.2 Å². The highest BCUT2D eigenvalue weighted by atomic mass is 16.4. The molecule has 0 saturated carbocycles. The number of aliphatic carboxylic acids is 1. The van der Waals surface area contributed by atoms with Crippen LogP contribution in [0.2, 0.25) is 0 Å². The summed E-state index contributed by atoms with van der Waals surface area (Å²) in [5.41, 5.74) is 0. The van der Waals surface area contributed by atoms with E-state index in [2.05, 4.69) is 15.6 Å². The molecule has 0 bridgehead atoms. The Morgan fingerprint density at radius 2 is 2.24 bits per heavy atom. The van der Waals surface area contributed by atoms with E-state index in [1.807, 2.05) is 0 Å². The third-order valence-electron chi connectivity index (χ3n) is 2.00. The number of aliphatic hydroxyl groups excluding tert-OH is 1. The van der Waals surface area contributed by atoms with Gasteiger partial charge in [-0.1, -0.05) is 0 Å². The molecule has 0 aliphatic carbocycles. The molecule has 0 aliphatic rings. The molecule has 0 radical (unpaired) electrons. The van der Waals surface area contributed by atoms with Crippen LogP contribution >= 0.6 is 0 Å². The molecule has 0 fully saturated rings. The fraction of sp³-hybridized carbons (Fsp3) is 0.444. The van der Waals surface area contributed by atoms with Gasteiger partial charge in [0, 0.05) is 25.5 Å². The summed E-state index contributed by atoms with van der Waals surface area (Å²) >= 11 is 0. The molecule has 1 rings (SSSR count). The maximum Gasteiger partial charge on any atom is 0.328 e. The normalized spacial score (nSPS) is 11.8. The van der Waals surface area contributed by atoms with Crippen molar-refractivity contribution in [3.63, 3.8) is 0 Å². The number of carboxylic acid groups (broad SMARTS) is 1. The fourth-order valence-corrected chi connectivity index (χ4v) is 1.11. The van der Waals surface area contributed by atoms with Crippen LogP contribution in [0.3, 0.4) is 0 Å². The summed E-state index contributed by atoms with van der Waals surface area (Å²) in [5.74, 6) is -1.28. The van der Waals surface area contributed by atoms with Crippen molar-refractivity contribution in [2.24, 2.45) is 0 Å². The number of carbonyl (C=O) groups excluding carboxylic acids is 1. The average Bonchev–Trinajstić information content (AvgIpc) is 2.78. The van der Waals surface area contributed by atoms with Crippen molar-refractivity contribution in [3.05, 3.63) is 18.7 Å². The molecule has 0 saturated heterocycles. The highest BCUT2D eigenvalue weighted by Gasteiger charge is 2.17. The first kappa shape index (κ1) is 13.0. The average molecular weight is 242 g/mol. The molecule has 4 N–H and O–H groups in total. The summed E-state index contributed by atoms with van der Waals surface area (Å²) in [7, 11) is 0. The first-order valence-electron chi connectivity index (χ1n) is 4.97. The van der Waals surface area contributed by atoms with Crippen LogP contribution in [0.25, 0.3) is 0 Å². The van der Waals surface area contributed by atoms with E-state index in [0.29, 0.717) is 13.1 Å². The second kappa shape index (κ2) is 6.48. The maximum atomic E-state index is 11.2. The molecule has 2 amide bonds. The number of nitrogens with zero attached hydrogens (tertiary/aromatic N) is 2. The number of urea groups is 1. The maximum absolute atomic E-state index is 11.2. The van der Waals surface area contributed by atoms with Crippen LogP contribution in [0.4, 0.5) is 4.79 Å². The van der Waals surface area contributed by atoms with E-state index in [0.717, 1.165) is 0 Å². The minimum Gasteiger partial charge on any atom is -0.480 e. The lowest BCUT2D eigenvalue weighted by Gasteiger charge is -2.12. The van der Waals surface area contributed by atoms with Crippen molar-refractivity contribution < 1.29 is 19.8 Å². The number of hydrogen-bond acceptors (Lipinski definition) is 4. The van der Waals surface area contributed by atoms with E-state index in [9.17, 15) is 9.59 Å². The lowest BCUT2D eigenvalue weighted by atomic mass is 10.3. The van der Waals surface area contributed by atoms with Crippen molar-refractivity contribution in [3.8, 4) is 0 Å². The van der Waals surface area contributed by atoms with E-state index >= 15 is 0 Å². The number of aromatic nitrogens is 2. The summed E-state index contributed by atoms with van der Waals surface area (Å²) in [4.78, 5) is 25.6. The second-order valence-electron chi connectivity index (χ2n) is 3.27. The number of carboxylic acids is 1. The van der Waals surface area contributed by atoms with Gasteiger partial charge in [-0.3, -0.25) is 0 Å². The number of amides is 2. The van der Waals surface area contributed by atoms with Crippen LogP contribution in [0.5, 0.6) is 0 Å². The summed E-state index contributed by atoms with van der Waals surface area (Å²) < 4.78 is 1.76. The summed E-state index contributed by atoms with van der Waals surface area (Å²) in [6.07, 6.45) is 4.97. The first-order valence-corrected chi connectivity index (χ1v) is 4.97. The Balaban J connectivity index is 2.23. The molecule has 1 heterocycles. The van der Waals surface area contributed by atoms with E-state index in [1.54, 1.807) is 23.3 Å². The smallest absolute Gasteiger partial charge is 0.328 e. The molecule has 0 aliphatic heterocycles. The quantitative estimate of drug-likeness (QED) is 0.491. The molecule has 8 heteroatoms. The number of hydrogen-bond donors (Lipinski definition) is 4. The number of imidazole rings is 1. The van der Waals surface area contributed by atoms with Gasteiger partial charge in [-0.25, -0.2) is 14.6 Å². The lowest BCUT2D eigenvalue weighted by molar-refractivity contribution is -0.140. The van der Waals surface area contributed by atoms with Crippen LogP contribution < -0.4 is 10.6 Å². The minimum atomic E-state index is -1.29. The SMILES string of the molecule is O=C(NCCn1ccnc1)N[C@@H](CO)C(=O)O. The topological polar surface area (TPSA) is 116 Å². The Kier molecular flexibility index (Phi) is 4.95. The largest absolute Gasteiger partial charge is 0.480 e. The Hall–Kier alpha value is -2.09. The van der Waals surface area contributed by atoms with Gasteiger partial charge in [-0.15, -0.1) is 0 Å². The zero-order valence-electron chi connectivity index (χ0n) is 9.04. The van der Waals surface area contributed by atoms with Crippen LogP contribution in [-0.2, 0) is 11.3 Å². The Bertz CT molecular complexity index is 365. The van der Waals surface area contributed by atoms with Gasteiger partial charge in [-0.05, 0) is 0 Å². The number of nitrogens with one attached hydrogen (secondary N) is 2. The highest BCUT2D eigenvalue weighted by molar-refractivity contribution is 5.82. The van der Waals surface area contributed by atoms with Gasteiger partial charge < -0.3 is 25.4 Å². The van der Waals surface area contributed by atoms with E-state index < -0.39 is 24.6 Å². The third-order valence-corrected chi connectivity index (χ3v) is 2.00. The van der Waals surface area contributed by atoms with Gasteiger partial charge in [-0.2, -0.15) is 0 Å². The van der Waals surface area contributed by atoms with Crippen molar-refractivity contribution >= 4 is 12.0 Å². The molecular weight excluding hydrogens is 228 g/mol. The number of rotatable bonds is 6. The van der Waals surface area contributed by atoms with Gasteiger partial charge in [0.1, 0.15) is 0 Å². The molecule has 94 valence electrons. The van der Waals surface area contributed by atoms with Crippen LogP contribution in [0.1, 0.15) is 0 Å². The molecule has 8 nitrogen and oxygen atoms in total. The van der Waals surface area contributed by atoms with Crippen molar-refractivity contribution in [1.29, 1.82) is 0 Å². The fourth-order valence-electron chi connectivity index (χ4n) is 1.11. The molecule has 17 heavy (non-hydrogen) atoms. The summed E-state index contributed by atoms with van der Waals surface area (Å²) in [6, 6.07) is -1.92. The predicted octanol–water partition coefficient (Wildman–Crippen LogP) is -1.37. The van der Waals surface area contributed by atoms with Crippen LogP contribution in [-0.4, -0.2) is 51.0 Å². The molecule has 1 aromatic heterocycles. The Morgan fingerprint density at radius 1 is 1.47 bits per heavy atom. The number of aliphatic hydroxyl groups is 1. The third kappa shape index (κ3) is 4.51. The van der Waals surface area contributed by atoms with E-state index in [-0.39, 0.29) is 0 Å². The van der Waals surface area contributed by atoms with E-state index in [1.165, 1.54) is 0 Å². The van der Waals surface area contributed by atoms with Gasteiger partial charge in [0.2, 0.25) is 0 Å². The number of carbonyl (C=O) groups is 2. The zero-order valence-corrected chi connectivity index (χ0v) is 9.04. The molecule has 0 unspecified atom stereocenters. The van der Waals surface area contributed by atoms with Crippen molar-refractivity contribution in [2.45, 2.75) is 12.6 Å². The minimum absolute atomic E-state index is 0.333. The molecule has 0 aromatic carbocycles. The lowest BCUT2D eigenvalue weighted by Crippen LogP contribution is -2.48. The Labute approximate surface area is 97.3 Å². The zero-order chi connectivity index (χ0) is 12.7. The summed E-state index contributed by atoms with van der Waals surface area (Å²) in [6.45, 7) is 0.217. The van der Waals surface area contributed by atoms with Crippen molar-refractivity contribution in [1.82, 2.24) is 20.2 Å². The molecular formula is C9H14N4O4. The Morgan fingerprint density at radius 3 is 2.76 bits per heavy atom.